The van der Waals surface area contributed by atoms with E-state index >= 15 is 0 Å². The van der Waals surface area contributed by atoms with Crippen molar-refractivity contribution < 1.29 is 4.92 Å². The Bertz CT molecular complexity index is 352. The number of nitrogens with one attached hydrogen (secondary N) is 1. The van der Waals surface area contributed by atoms with Gasteiger partial charge in [0.15, 0.2) is 0 Å². The van der Waals surface area contributed by atoms with Gasteiger partial charge in [0, 0.05) is 12.2 Å². The second-order valence-electron chi connectivity index (χ2n) is 3.83. The van der Waals surface area contributed by atoms with Crippen molar-refractivity contribution in [2.75, 3.05) is 5.32 Å². The van der Waals surface area contributed by atoms with Crippen molar-refractivity contribution in [1.29, 1.82) is 0 Å². The van der Waals surface area contributed by atoms with Crippen LogP contribution in [-0.2, 0) is 0 Å². The minimum Gasteiger partial charge on any atom is -0.377 e. The summed E-state index contributed by atoms with van der Waals surface area (Å²) < 4.78 is 0. The summed E-state index contributed by atoms with van der Waals surface area (Å²) in [5.74, 6) is 0.415. The summed E-state index contributed by atoms with van der Waals surface area (Å²) in [7, 11) is 0. The van der Waals surface area contributed by atoms with Crippen LogP contribution >= 0.6 is 0 Å². The minimum atomic E-state index is -0.428. The first-order chi connectivity index (χ1) is 7.02. The van der Waals surface area contributed by atoms with E-state index in [2.05, 4.69) is 24.1 Å². The molecule has 1 N–H and O–H groups in total. The van der Waals surface area contributed by atoms with E-state index < -0.39 is 4.92 Å². The predicted molar refractivity (Wildman–Crippen MR) is 58.8 cm³/mol. The zero-order valence-electron chi connectivity index (χ0n) is 9.10. The van der Waals surface area contributed by atoms with Gasteiger partial charge in [-0.05, 0) is 18.9 Å². The predicted octanol–water partition coefficient (Wildman–Crippen LogP) is 2.45. The summed E-state index contributed by atoms with van der Waals surface area (Å²) in [6.07, 6.45) is 2.80. The van der Waals surface area contributed by atoms with Gasteiger partial charge in [0.05, 0.1) is 4.92 Å². The molecule has 0 bridgehead atoms. The molecule has 0 saturated heterocycles. The number of pyridine rings is 1. The molecule has 0 aromatic carbocycles. The lowest BCUT2D eigenvalue weighted by Gasteiger charge is -2.18. The minimum absolute atomic E-state index is 0.0185. The maximum Gasteiger partial charge on any atom is 0.310 e. The molecular weight excluding hydrogens is 194 g/mol. The van der Waals surface area contributed by atoms with Crippen LogP contribution in [0.4, 0.5) is 11.4 Å². The van der Waals surface area contributed by atoms with Crippen LogP contribution < -0.4 is 5.32 Å². The molecule has 82 valence electrons. The van der Waals surface area contributed by atoms with Gasteiger partial charge < -0.3 is 5.32 Å². The standard InChI is InChI=1S/C10H15N3O2/c1-7(2)8(3)12-9-4-5-11-6-10(9)13(14)15/h4-8H,1-3H3,(H,11,12). The Morgan fingerprint density at radius 3 is 2.67 bits per heavy atom. The fourth-order valence-electron chi connectivity index (χ4n) is 1.07. The van der Waals surface area contributed by atoms with E-state index in [0.717, 1.165) is 0 Å². The van der Waals surface area contributed by atoms with Crippen molar-refractivity contribution in [3.05, 3.63) is 28.6 Å². The van der Waals surface area contributed by atoms with E-state index in [-0.39, 0.29) is 11.7 Å². The highest BCUT2D eigenvalue weighted by Gasteiger charge is 2.16. The van der Waals surface area contributed by atoms with Crippen LogP contribution in [0.1, 0.15) is 20.8 Å². The van der Waals surface area contributed by atoms with Gasteiger partial charge >= 0.3 is 5.69 Å². The van der Waals surface area contributed by atoms with Crippen molar-refractivity contribution in [2.45, 2.75) is 26.8 Å². The van der Waals surface area contributed by atoms with E-state index in [1.54, 1.807) is 12.3 Å². The molecule has 0 saturated carbocycles. The average Bonchev–Trinajstić information content (AvgIpc) is 2.18. The first kappa shape index (κ1) is 11.4. The van der Waals surface area contributed by atoms with Crippen molar-refractivity contribution in [3.8, 4) is 0 Å². The van der Waals surface area contributed by atoms with Gasteiger partial charge in [-0.25, -0.2) is 0 Å². The van der Waals surface area contributed by atoms with Gasteiger partial charge in [0.25, 0.3) is 0 Å². The van der Waals surface area contributed by atoms with Crippen LogP contribution in [0.2, 0.25) is 0 Å². The van der Waals surface area contributed by atoms with Gasteiger partial charge in [-0.2, -0.15) is 0 Å². The lowest BCUT2D eigenvalue weighted by atomic mass is 10.1. The Balaban J connectivity index is 2.89. The van der Waals surface area contributed by atoms with E-state index in [4.69, 9.17) is 0 Å². The van der Waals surface area contributed by atoms with Crippen molar-refractivity contribution in [2.24, 2.45) is 5.92 Å². The number of nitrogens with zero attached hydrogens (tertiary/aromatic N) is 2. The zero-order chi connectivity index (χ0) is 11.4. The number of hydrogen-bond donors (Lipinski definition) is 1. The maximum absolute atomic E-state index is 10.7. The Hall–Kier alpha value is -1.65. The molecule has 5 heteroatoms. The number of hydrogen-bond acceptors (Lipinski definition) is 4. The van der Waals surface area contributed by atoms with E-state index in [1.165, 1.54) is 6.20 Å². The lowest BCUT2D eigenvalue weighted by molar-refractivity contribution is -0.384. The van der Waals surface area contributed by atoms with Crippen LogP contribution in [-0.4, -0.2) is 15.9 Å². The fourth-order valence-corrected chi connectivity index (χ4v) is 1.07. The topological polar surface area (TPSA) is 68.1 Å². The average molecular weight is 209 g/mol. The fraction of sp³-hybridized carbons (Fsp3) is 0.500. The summed E-state index contributed by atoms with van der Waals surface area (Å²) in [6.45, 7) is 6.12. The SMILES string of the molecule is CC(C)C(C)Nc1ccncc1[N+](=O)[O-]. The molecule has 0 amide bonds. The smallest absolute Gasteiger partial charge is 0.310 e. The van der Waals surface area contributed by atoms with E-state index in [0.29, 0.717) is 11.6 Å². The second-order valence-corrected chi connectivity index (χ2v) is 3.83. The quantitative estimate of drug-likeness (QED) is 0.610. The largest absolute Gasteiger partial charge is 0.377 e. The summed E-state index contributed by atoms with van der Waals surface area (Å²) >= 11 is 0. The number of nitro groups is 1. The molecule has 0 radical (unpaired) electrons. The van der Waals surface area contributed by atoms with E-state index in [1.807, 2.05) is 6.92 Å². The molecule has 1 heterocycles. The summed E-state index contributed by atoms with van der Waals surface area (Å²) in [6, 6.07) is 1.81. The Labute approximate surface area is 88.7 Å². The molecule has 1 aromatic rings. The summed E-state index contributed by atoms with van der Waals surface area (Å²) in [5, 5.41) is 13.8. The Morgan fingerprint density at radius 1 is 1.47 bits per heavy atom. The molecule has 1 rings (SSSR count). The molecule has 1 atom stereocenters. The van der Waals surface area contributed by atoms with Crippen LogP contribution in [0.5, 0.6) is 0 Å². The first-order valence-electron chi connectivity index (χ1n) is 4.87. The summed E-state index contributed by atoms with van der Waals surface area (Å²) in [5.41, 5.74) is 0.543. The molecule has 15 heavy (non-hydrogen) atoms. The highest BCUT2D eigenvalue weighted by molar-refractivity contribution is 5.59. The molecule has 1 unspecified atom stereocenters. The third kappa shape index (κ3) is 2.90. The van der Waals surface area contributed by atoms with Crippen molar-refractivity contribution >= 4 is 11.4 Å². The molecular formula is C10H15N3O2. The molecule has 1 aromatic heterocycles. The third-order valence-electron chi connectivity index (χ3n) is 2.38. The molecule has 0 spiro atoms. The molecule has 0 aliphatic carbocycles. The second kappa shape index (κ2) is 4.72. The number of anilines is 1. The van der Waals surface area contributed by atoms with Crippen molar-refractivity contribution in [3.63, 3.8) is 0 Å². The van der Waals surface area contributed by atoms with E-state index in [9.17, 15) is 10.1 Å². The summed E-state index contributed by atoms with van der Waals surface area (Å²) in [4.78, 5) is 14.0. The van der Waals surface area contributed by atoms with Gasteiger partial charge in [-0.1, -0.05) is 13.8 Å². The molecule has 0 aliphatic heterocycles. The lowest BCUT2D eigenvalue weighted by Crippen LogP contribution is -2.22. The first-order valence-corrected chi connectivity index (χ1v) is 4.87. The van der Waals surface area contributed by atoms with Gasteiger partial charge in [-0.3, -0.25) is 15.1 Å². The normalized spacial score (nSPS) is 12.5. The van der Waals surface area contributed by atoms with Crippen molar-refractivity contribution in [1.82, 2.24) is 4.98 Å². The molecule has 0 aliphatic rings. The molecule has 0 fully saturated rings. The monoisotopic (exact) mass is 209 g/mol. The van der Waals surface area contributed by atoms with Gasteiger partial charge in [0.2, 0.25) is 0 Å². The number of rotatable bonds is 4. The third-order valence-corrected chi connectivity index (χ3v) is 2.38. The highest BCUT2D eigenvalue weighted by atomic mass is 16.6. The Morgan fingerprint density at radius 2 is 2.13 bits per heavy atom. The van der Waals surface area contributed by atoms with Crippen LogP contribution in [0.3, 0.4) is 0 Å². The highest BCUT2D eigenvalue weighted by Crippen LogP contribution is 2.23. The van der Waals surface area contributed by atoms with Crippen LogP contribution in [0.25, 0.3) is 0 Å². The molecule has 5 nitrogen and oxygen atoms in total. The van der Waals surface area contributed by atoms with Crippen LogP contribution in [0, 0.1) is 16.0 Å². The van der Waals surface area contributed by atoms with Gasteiger partial charge in [0.1, 0.15) is 11.9 Å². The van der Waals surface area contributed by atoms with Gasteiger partial charge in [-0.15, -0.1) is 0 Å². The zero-order valence-corrected chi connectivity index (χ0v) is 9.10. The Kier molecular flexibility index (Phi) is 3.60. The maximum atomic E-state index is 10.7. The van der Waals surface area contributed by atoms with Crippen LogP contribution in [0.15, 0.2) is 18.5 Å². The number of aromatic nitrogens is 1.